The van der Waals surface area contributed by atoms with Crippen molar-refractivity contribution in [2.45, 2.75) is 30.0 Å². The lowest BCUT2D eigenvalue weighted by molar-refractivity contribution is -0.132. The summed E-state index contributed by atoms with van der Waals surface area (Å²) in [5, 5.41) is 20.1. The maximum Gasteiger partial charge on any atom is 0.301 e. The summed E-state index contributed by atoms with van der Waals surface area (Å²) >= 11 is 2.78. The van der Waals surface area contributed by atoms with E-state index in [9.17, 15) is 14.7 Å². The Morgan fingerprint density at radius 2 is 1.56 bits per heavy atom. The van der Waals surface area contributed by atoms with Crippen molar-refractivity contribution in [3.63, 3.8) is 0 Å². The molecule has 0 aliphatic carbocycles. The Labute approximate surface area is 217 Å². The lowest BCUT2D eigenvalue weighted by Gasteiger charge is -2.22. The SMILES string of the molecule is Cc1ccc(C(O)=C2C(=O)C(=O)N(c3nnc(SCc4ccccc4)s3)[C@@H]2c2ccc(C)cc2)cc1. The summed E-state index contributed by atoms with van der Waals surface area (Å²) in [4.78, 5) is 27.9. The summed E-state index contributed by atoms with van der Waals surface area (Å²) < 4.78 is 0.692. The van der Waals surface area contributed by atoms with E-state index in [1.54, 1.807) is 12.1 Å². The highest BCUT2D eigenvalue weighted by Crippen LogP contribution is 2.44. The molecule has 1 aromatic heterocycles. The van der Waals surface area contributed by atoms with Crippen LogP contribution < -0.4 is 4.90 Å². The standard InChI is InChI=1S/C28H23N3O3S2/c1-17-8-12-20(13-9-17)23-22(24(32)21-14-10-18(2)11-15-21)25(33)26(34)31(23)27-29-30-28(36-27)35-16-19-6-4-3-5-7-19/h3-15,23,32H,16H2,1-2H3/t23-/m1/s1. The number of Topliss-reactive ketones (excluding diaryl/α,β-unsaturated/α-hetero) is 1. The molecule has 1 aliphatic heterocycles. The number of rotatable bonds is 6. The van der Waals surface area contributed by atoms with E-state index in [0.29, 0.717) is 26.4 Å². The highest BCUT2D eigenvalue weighted by molar-refractivity contribution is 8.00. The molecule has 0 radical (unpaired) electrons. The molecule has 8 heteroatoms. The summed E-state index contributed by atoms with van der Waals surface area (Å²) in [5.41, 5.74) is 4.45. The highest BCUT2D eigenvalue weighted by atomic mass is 32.2. The normalized spacial score (nSPS) is 17.1. The van der Waals surface area contributed by atoms with Crippen molar-refractivity contribution in [2.24, 2.45) is 0 Å². The van der Waals surface area contributed by atoms with Crippen LogP contribution >= 0.6 is 23.1 Å². The third-order valence-electron chi connectivity index (χ3n) is 5.97. The zero-order valence-corrected chi connectivity index (χ0v) is 21.3. The predicted octanol–water partition coefficient (Wildman–Crippen LogP) is 6.07. The van der Waals surface area contributed by atoms with E-state index in [4.69, 9.17) is 0 Å². The monoisotopic (exact) mass is 513 g/mol. The number of aliphatic hydroxyl groups excluding tert-OH is 1. The van der Waals surface area contributed by atoms with Crippen molar-refractivity contribution >= 4 is 45.7 Å². The minimum absolute atomic E-state index is 0.0430. The van der Waals surface area contributed by atoms with Gasteiger partial charge in [0.1, 0.15) is 5.76 Å². The van der Waals surface area contributed by atoms with Crippen molar-refractivity contribution < 1.29 is 14.7 Å². The number of aliphatic hydroxyl groups is 1. The van der Waals surface area contributed by atoms with Crippen LogP contribution in [0.3, 0.4) is 0 Å². The van der Waals surface area contributed by atoms with Gasteiger partial charge in [-0.1, -0.05) is 113 Å². The number of hydrogen-bond acceptors (Lipinski definition) is 7. The largest absolute Gasteiger partial charge is 0.507 e. The molecule has 0 spiro atoms. The fraction of sp³-hybridized carbons (Fsp3) is 0.143. The first-order chi connectivity index (χ1) is 17.4. The molecule has 36 heavy (non-hydrogen) atoms. The van der Waals surface area contributed by atoms with Gasteiger partial charge in [-0.2, -0.15) is 0 Å². The third kappa shape index (κ3) is 4.69. The molecule has 1 fully saturated rings. The maximum absolute atomic E-state index is 13.3. The van der Waals surface area contributed by atoms with E-state index in [0.717, 1.165) is 16.7 Å². The molecule has 1 atom stereocenters. The van der Waals surface area contributed by atoms with Crippen molar-refractivity contribution in [1.29, 1.82) is 0 Å². The second-order valence-corrected chi connectivity index (χ2v) is 10.7. The Balaban J connectivity index is 1.55. The van der Waals surface area contributed by atoms with Gasteiger partial charge >= 0.3 is 5.91 Å². The van der Waals surface area contributed by atoms with Gasteiger partial charge in [-0.15, -0.1) is 10.2 Å². The van der Waals surface area contributed by atoms with Crippen LogP contribution in [0.1, 0.15) is 33.9 Å². The molecule has 1 aliphatic rings. The van der Waals surface area contributed by atoms with Crippen LogP contribution in [-0.4, -0.2) is 27.0 Å². The molecule has 1 saturated heterocycles. The van der Waals surface area contributed by atoms with Gasteiger partial charge < -0.3 is 5.11 Å². The van der Waals surface area contributed by atoms with Gasteiger partial charge in [0.15, 0.2) is 4.34 Å². The summed E-state index contributed by atoms with van der Waals surface area (Å²) in [5.74, 6) is -0.967. The molecular weight excluding hydrogens is 490 g/mol. The quantitative estimate of drug-likeness (QED) is 0.111. The van der Waals surface area contributed by atoms with Crippen LogP contribution in [0.15, 0.2) is 88.8 Å². The van der Waals surface area contributed by atoms with Crippen LogP contribution in [-0.2, 0) is 15.3 Å². The predicted molar refractivity (Wildman–Crippen MR) is 143 cm³/mol. The first-order valence-corrected chi connectivity index (χ1v) is 13.2. The van der Waals surface area contributed by atoms with E-state index in [-0.39, 0.29) is 11.3 Å². The smallest absolute Gasteiger partial charge is 0.301 e. The van der Waals surface area contributed by atoms with E-state index in [1.807, 2.05) is 80.6 Å². The molecule has 6 nitrogen and oxygen atoms in total. The first kappa shape index (κ1) is 24.0. The Morgan fingerprint density at radius 3 is 2.22 bits per heavy atom. The number of aromatic nitrogens is 2. The fourth-order valence-electron chi connectivity index (χ4n) is 4.04. The van der Waals surface area contributed by atoms with Gasteiger partial charge in [0.25, 0.3) is 5.78 Å². The maximum atomic E-state index is 13.3. The Hall–Kier alpha value is -3.75. The van der Waals surface area contributed by atoms with Gasteiger partial charge in [-0.3, -0.25) is 14.5 Å². The van der Waals surface area contributed by atoms with Crippen molar-refractivity contribution in [3.05, 3.63) is 112 Å². The second-order valence-electron chi connectivity index (χ2n) is 8.57. The number of ketones is 1. The van der Waals surface area contributed by atoms with E-state index < -0.39 is 17.7 Å². The van der Waals surface area contributed by atoms with Crippen molar-refractivity contribution in [1.82, 2.24) is 10.2 Å². The molecule has 5 rings (SSSR count). The number of nitrogens with zero attached hydrogens (tertiary/aromatic N) is 3. The lowest BCUT2D eigenvalue weighted by atomic mass is 9.94. The number of amides is 1. The van der Waals surface area contributed by atoms with E-state index >= 15 is 0 Å². The molecule has 1 N–H and O–H groups in total. The average molecular weight is 514 g/mol. The van der Waals surface area contributed by atoms with Crippen LogP contribution in [0.25, 0.3) is 5.76 Å². The Bertz CT molecular complexity index is 1450. The Kier molecular flexibility index (Phi) is 6.71. The highest BCUT2D eigenvalue weighted by Gasteiger charge is 2.48. The van der Waals surface area contributed by atoms with Gasteiger partial charge in [-0.05, 0) is 25.0 Å². The Morgan fingerprint density at radius 1 is 0.917 bits per heavy atom. The van der Waals surface area contributed by atoms with Crippen molar-refractivity contribution in [2.75, 3.05) is 4.90 Å². The number of anilines is 1. The molecular formula is C28H23N3O3S2. The molecule has 2 heterocycles. The average Bonchev–Trinajstić information content (AvgIpc) is 3.46. The van der Waals surface area contributed by atoms with E-state index in [1.165, 1.54) is 28.0 Å². The van der Waals surface area contributed by atoms with Gasteiger partial charge in [0.05, 0.1) is 11.6 Å². The summed E-state index contributed by atoms with van der Waals surface area (Å²) in [6.45, 7) is 3.91. The number of carbonyl (C=O) groups excluding carboxylic acids is 2. The first-order valence-electron chi connectivity index (χ1n) is 11.4. The van der Waals surface area contributed by atoms with Crippen LogP contribution in [0.4, 0.5) is 5.13 Å². The molecule has 0 bridgehead atoms. The number of aryl methyl sites for hydroxylation is 2. The molecule has 0 unspecified atom stereocenters. The number of carbonyl (C=O) groups is 2. The molecule has 0 saturated carbocycles. The zero-order chi connectivity index (χ0) is 25.2. The minimum Gasteiger partial charge on any atom is -0.507 e. The summed E-state index contributed by atoms with van der Waals surface area (Å²) in [7, 11) is 0. The molecule has 3 aromatic carbocycles. The van der Waals surface area contributed by atoms with Gasteiger partial charge in [0.2, 0.25) is 5.13 Å². The van der Waals surface area contributed by atoms with Gasteiger partial charge in [-0.25, -0.2) is 0 Å². The second kappa shape index (κ2) is 10.1. The van der Waals surface area contributed by atoms with Crippen LogP contribution in [0.2, 0.25) is 0 Å². The number of benzene rings is 3. The van der Waals surface area contributed by atoms with Crippen molar-refractivity contribution in [3.8, 4) is 0 Å². The zero-order valence-electron chi connectivity index (χ0n) is 19.7. The van der Waals surface area contributed by atoms with Crippen LogP contribution in [0.5, 0.6) is 0 Å². The molecule has 4 aromatic rings. The molecule has 180 valence electrons. The summed E-state index contributed by atoms with van der Waals surface area (Å²) in [6, 6.07) is 24.0. The molecule has 1 amide bonds. The number of hydrogen-bond donors (Lipinski definition) is 1. The van der Waals surface area contributed by atoms with Crippen LogP contribution in [0, 0.1) is 13.8 Å². The third-order valence-corrected chi connectivity index (χ3v) is 8.10. The topological polar surface area (TPSA) is 83.4 Å². The lowest BCUT2D eigenvalue weighted by Crippen LogP contribution is -2.29. The summed E-state index contributed by atoms with van der Waals surface area (Å²) in [6.07, 6.45) is 0. The fourth-order valence-corrected chi connectivity index (χ4v) is 5.86. The minimum atomic E-state index is -0.813. The number of thioether (sulfide) groups is 1. The van der Waals surface area contributed by atoms with E-state index in [2.05, 4.69) is 10.2 Å². The van der Waals surface area contributed by atoms with Gasteiger partial charge in [0, 0.05) is 11.3 Å².